The van der Waals surface area contributed by atoms with Crippen molar-refractivity contribution in [2.45, 2.75) is 37.1 Å². The van der Waals surface area contributed by atoms with Gasteiger partial charge in [0, 0.05) is 23.1 Å². The van der Waals surface area contributed by atoms with Crippen molar-refractivity contribution in [1.82, 2.24) is 10.6 Å². The van der Waals surface area contributed by atoms with Gasteiger partial charge in [0.2, 0.25) is 5.91 Å². The number of thioether (sulfide) groups is 1. The summed E-state index contributed by atoms with van der Waals surface area (Å²) in [5, 5.41) is 6.26. The highest BCUT2D eigenvalue weighted by atomic mass is 32.2. The molecule has 2 N–H and O–H groups in total. The molecule has 0 aromatic heterocycles. The number of hydrogen-bond donors (Lipinski definition) is 2. The van der Waals surface area contributed by atoms with Crippen LogP contribution < -0.4 is 10.6 Å². The van der Waals surface area contributed by atoms with Crippen molar-refractivity contribution in [3.8, 4) is 0 Å². The van der Waals surface area contributed by atoms with E-state index in [0.717, 1.165) is 18.7 Å². The Morgan fingerprint density at radius 3 is 2.77 bits per heavy atom. The van der Waals surface area contributed by atoms with Gasteiger partial charge in [-0.3, -0.25) is 4.79 Å². The first-order valence-corrected chi connectivity index (χ1v) is 5.76. The second-order valence-electron chi connectivity index (χ2n) is 4.27. The summed E-state index contributed by atoms with van der Waals surface area (Å²) in [6, 6.07) is 0.566. The summed E-state index contributed by atoms with van der Waals surface area (Å²) in [5.41, 5.74) is 0. The van der Waals surface area contributed by atoms with Crippen LogP contribution in [0.3, 0.4) is 0 Å². The lowest BCUT2D eigenvalue weighted by molar-refractivity contribution is -0.121. The molecule has 2 aliphatic heterocycles. The average molecular weight is 200 g/mol. The zero-order valence-electron chi connectivity index (χ0n) is 8.09. The fourth-order valence-corrected chi connectivity index (χ4v) is 2.91. The van der Waals surface area contributed by atoms with Gasteiger partial charge in [-0.2, -0.15) is 11.8 Å². The summed E-state index contributed by atoms with van der Waals surface area (Å²) < 4.78 is 0.308. The summed E-state index contributed by atoms with van der Waals surface area (Å²) in [5.74, 6) is 1.31. The van der Waals surface area contributed by atoms with Gasteiger partial charge >= 0.3 is 0 Å². The van der Waals surface area contributed by atoms with E-state index in [1.54, 1.807) is 0 Å². The van der Waals surface area contributed by atoms with Crippen molar-refractivity contribution in [2.75, 3.05) is 12.3 Å². The van der Waals surface area contributed by atoms with E-state index in [1.165, 1.54) is 0 Å². The molecule has 1 amide bonds. The Kier molecular flexibility index (Phi) is 2.28. The maximum Gasteiger partial charge on any atom is 0.237 e. The lowest BCUT2D eigenvalue weighted by Crippen LogP contribution is -2.58. The van der Waals surface area contributed by atoms with Gasteiger partial charge in [-0.15, -0.1) is 0 Å². The Labute approximate surface area is 83.0 Å². The molecule has 0 aromatic carbocycles. The first-order chi connectivity index (χ1) is 6.09. The van der Waals surface area contributed by atoms with Crippen LogP contribution in [0.2, 0.25) is 0 Å². The Balaban J connectivity index is 1.88. The van der Waals surface area contributed by atoms with Crippen LogP contribution in [0.15, 0.2) is 0 Å². The molecule has 0 bridgehead atoms. The summed E-state index contributed by atoms with van der Waals surface area (Å²) in [6.07, 6.45) is 0.941. The van der Waals surface area contributed by atoms with Gasteiger partial charge in [0.15, 0.2) is 0 Å². The Morgan fingerprint density at radius 1 is 1.62 bits per heavy atom. The van der Waals surface area contributed by atoms with E-state index in [4.69, 9.17) is 0 Å². The Bertz CT molecular complexity index is 230. The number of amides is 1. The van der Waals surface area contributed by atoms with Crippen molar-refractivity contribution in [2.24, 2.45) is 0 Å². The lowest BCUT2D eigenvalue weighted by atomic mass is 10.0. The maximum absolute atomic E-state index is 11.3. The number of rotatable bonds is 2. The molecule has 13 heavy (non-hydrogen) atoms. The quantitative estimate of drug-likeness (QED) is 0.676. The maximum atomic E-state index is 11.3. The van der Waals surface area contributed by atoms with Gasteiger partial charge in [0.05, 0.1) is 6.04 Å². The highest BCUT2D eigenvalue weighted by Gasteiger charge is 2.41. The zero-order valence-corrected chi connectivity index (χ0v) is 8.91. The highest BCUT2D eigenvalue weighted by Crippen LogP contribution is 2.40. The second-order valence-corrected chi connectivity index (χ2v) is 5.94. The molecule has 0 aliphatic carbocycles. The van der Waals surface area contributed by atoms with Crippen LogP contribution in [0, 0.1) is 0 Å². The minimum Gasteiger partial charge on any atom is -0.355 e. The molecule has 2 aliphatic rings. The monoisotopic (exact) mass is 200 g/mol. The van der Waals surface area contributed by atoms with Gasteiger partial charge in [0.1, 0.15) is 0 Å². The van der Waals surface area contributed by atoms with Crippen LogP contribution in [0.5, 0.6) is 0 Å². The first kappa shape index (κ1) is 9.34. The number of carbonyl (C=O) groups is 1. The second kappa shape index (κ2) is 3.17. The molecule has 2 atom stereocenters. The average Bonchev–Trinajstić information content (AvgIpc) is 2.45. The van der Waals surface area contributed by atoms with E-state index >= 15 is 0 Å². The van der Waals surface area contributed by atoms with Crippen molar-refractivity contribution in [1.29, 1.82) is 0 Å². The molecular weight excluding hydrogens is 184 g/mol. The molecule has 2 rings (SSSR count). The van der Waals surface area contributed by atoms with E-state index in [-0.39, 0.29) is 11.9 Å². The summed E-state index contributed by atoms with van der Waals surface area (Å²) in [6.45, 7) is 5.29. The van der Waals surface area contributed by atoms with Gasteiger partial charge in [-0.05, 0) is 20.3 Å². The topological polar surface area (TPSA) is 41.1 Å². The van der Waals surface area contributed by atoms with Crippen molar-refractivity contribution in [3.05, 3.63) is 0 Å². The predicted octanol–water partition coefficient (Wildman–Crippen LogP) is 0.358. The molecule has 2 heterocycles. The van der Waals surface area contributed by atoms with Crippen LogP contribution >= 0.6 is 11.8 Å². The van der Waals surface area contributed by atoms with E-state index < -0.39 is 0 Å². The molecule has 3 nitrogen and oxygen atoms in total. The van der Waals surface area contributed by atoms with Gasteiger partial charge in [0.25, 0.3) is 0 Å². The summed E-state index contributed by atoms with van der Waals surface area (Å²) in [4.78, 5) is 11.3. The zero-order chi connectivity index (χ0) is 9.47. The lowest BCUT2D eigenvalue weighted by Gasteiger charge is -2.45. The van der Waals surface area contributed by atoms with E-state index in [9.17, 15) is 4.79 Å². The molecule has 0 radical (unpaired) electrons. The highest BCUT2D eigenvalue weighted by molar-refractivity contribution is 8.02. The van der Waals surface area contributed by atoms with Crippen LogP contribution in [-0.2, 0) is 4.79 Å². The standard InChI is InChI=1S/C9H16N2OS/c1-9(2)7(5-13-9)11-6-3-4-10-8(6)12/h6-7,11H,3-5H2,1-2H3,(H,10,12). The van der Waals surface area contributed by atoms with E-state index in [1.807, 2.05) is 11.8 Å². The van der Waals surface area contributed by atoms with E-state index in [0.29, 0.717) is 10.8 Å². The van der Waals surface area contributed by atoms with Crippen molar-refractivity contribution < 1.29 is 4.79 Å². The third kappa shape index (κ3) is 1.70. The molecule has 4 heteroatoms. The number of nitrogens with one attached hydrogen (secondary N) is 2. The molecule has 0 spiro atoms. The minimum absolute atomic E-state index is 0.0603. The van der Waals surface area contributed by atoms with E-state index in [2.05, 4.69) is 24.5 Å². The minimum atomic E-state index is 0.0603. The summed E-state index contributed by atoms with van der Waals surface area (Å²) in [7, 11) is 0. The smallest absolute Gasteiger partial charge is 0.237 e. The van der Waals surface area contributed by atoms with Crippen LogP contribution in [-0.4, -0.2) is 35.0 Å². The molecular formula is C9H16N2OS. The van der Waals surface area contributed by atoms with Crippen LogP contribution in [0.1, 0.15) is 20.3 Å². The number of hydrogen-bond acceptors (Lipinski definition) is 3. The van der Waals surface area contributed by atoms with Crippen molar-refractivity contribution >= 4 is 17.7 Å². The SMILES string of the molecule is CC1(C)SCC1NC1CCNC1=O. The van der Waals surface area contributed by atoms with Gasteiger partial charge < -0.3 is 10.6 Å². The van der Waals surface area contributed by atoms with Crippen LogP contribution in [0.4, 0.5) is 0 Å². The molecule has 74 valence electrons. The molecule has 0 saturated carbocycles. The molecule has 2 saturated heterocycles. The third-order valence-electron chi connectivity index (χ3n) is 2.91. The van der Waals surface area contributed by atoms with Gasteiger partial charge in [-0.25, -0.2) is 0 Å². The van der Waals surface area contributed by atoms with Crippen molar-refractivity contribution in [3.63, 3.8) is 0 Å². The predicted molar refractivity (Wildman–Crippen MR) is 54.9 cm³/mol. The fraction of sp³-hybridized carbons (Fsp3) is 0.889. The third-order valence-corrected chi connectivity index (χ3v) is 4.44. The Hall–Kier alpha value is -0.220. The summed E-state index contributed by atoms with van der Waals surface area (Å²) >= 11 is 1.96. The van der Waals surface area contributed by atoms with Gasteiger partial charge in [-0.1, -0.05) is 0 Å². The first-order valence-electron chi connectivity index (χ1n) is 4.77. The number of carbonyl (C=O) groups excluding carboxylic acids is 1. The fourth-order valence-electron chi connectivity index (χ4n) is 1.74. The molecule has 0 aromatic rings. The molecule has 2 unspecified atom stereocenters. The normalized spacial score (nSPS) is 36.9. The molecule has 2 fully saturated rings. The van der Waals surface area contributed by atoms with Crippen LogP contribution in [0.25, 0.3) is 0 Å². The largest absolute Gasteiger partial charge is 0.355 e. The Morgan fingerprint density at radius 2 is 2.38 bits per heavy atom.